The normalized spacial score (nSPS) is 14.9. The highest BCUT2D eigenvalue weighted by Gasteiger charge is 2.21. The largest absolute Gasteiger partial charge is 0.465 e. The molecule has 0 spiro atoms. The van der Waals surface area contributed by atoms with Gasteiger partial charge < -0.3 is 18.7 Å². The Bertz CT molecular complexity index is 968. The number of piperazine rings is 1. The zero-order valence-electron chi connectivity index (χ0n) is 16.5. The number of amides is 1. The highest BCUT2D eigenvalue weighted by Crippen LogP contribution is 2.21. The van der Waals surface area contributed by atoms with E-state index in [0.29, 0.717) is 30.6 Å². The standard InChI is InChI=1S/C21H23N5O3/c1-15(2)21-23-20(24-29-21)16-5-7-18(22-14-16)25-9-11-26(12-10-25)19(27)8-6-17-4-3-13-28-17/h3-8,13-15H,9-12H2,1-2H3/b8-6+. The first kappa shape index (κ1) is 18.9. The van der Waals surface area contributed by atoms with Gasteiger partial charge in [-0.3, -0.25) is 4.79 Å². The number of carbonyl (C=O) groups is 1. The van der Waals surface area contributed by atoms with Crippen LogP contribution in [0.2, 0.25) is 0 Å². The van der Waals surface area contributed by atoms with Crippen molar-refractivity contribution in [3.63, 3.8) is 0 Å². The molecule has 0 saturated carbocycles. The molecule has 0 unspecified atom stereocenters. The van der Waals surface area contributed by atoms with Crippen molar-refractivity contribution < 1.29 is 13.7 Å². The summed E-state index contributed by atoms with van der Waals surface area (Å²) < 4.78 is 10.5. The maximum atomic E-state index is 12.3. The topological polar surface area (TPSA) is 88.5 Å². The summed E-state index contributed by atoms with van der Waals surface area (Å²) in [5.74, 6) is 2.89. The van der Waals surface area contributed by atoms with Gasteiger partial charge in [0.25, 0.3) is 0 Å². The predicted molar refractivity (Wildman–Crippen MR) is 108 cm³/mol. The fourth-order valence-corrected chi connectivity index (χ4v) is 3.09. The van der Waals surface area contributed by atoms with E-state index < -0.39 is 0 Å². The minimum Gasteiger partial charge on any atom is -0.465 e. The van der Waals surface area contributed by atoms with E-state index in [9.17, 15) is 4.79 Å². The highest BCUT2D eigenvalue weighted by atomic mass is 16.5. The molecule has 8 heteroatoms. The van der Waals surface area contributed by atoms with Crippen LogP contribution in [0.1, 0.15) is 31.4 Å². The van der Waals surface area contributed by atoms with Crippen LogP contribution in [-0.4, -0.2) is 52.1 Å². The molecule has 0 aliphatic carbocycles. The number of hydrogen-bond donors (Lipinski definition) is 0. The van der Waals surface area contributed by atoms with Crippen molar-refractivity contribution in [1.29, 1.82) is 0 Å². The van der Waals surface area contributed by atoms with Gasteiger partial charge in [0.2, 0.25) is 17.6 Å². The van der Waals surface area contributed by atoms with Crippen LogP contribution in [0, 0.1) is 0 Å². The summed E-state index contributed by atoms with van der Waals surface area (Å²) in [6.45, 7) is 6.77. The van der Waals surface area contributed by atoms with E-state index >= 15 is 0 Å². The number of aromatic nitrogens is 3. The Labute approximate surface area is 168 Å². The van der Waals surface area contributed by atoms with Crippen molar-refractivity contribution in [3.8, 4) is 11.4 Å². The van der Waals surface area contributed by atoms with E-state index in [2.05, 4.69) is 20.0 Å². The van der Waals surface area contributed by atoms with Gasteiger partial charge in [-0.15, -0.1) is 0 Å². The molecule has 0 N–H and O–H groups in total. The SMILES string of the molecule is CC(C)c1nc(-c2ccc(N3CCN(C(=O)/C=C/c4ccco4)CC3)nc2)no1. The Kier molecular flexibility index (Phi) is 5.41. The van der Waals surface area contributed by atoms with Gasteiger partial charge in [-0.2, -0.15) is 4.98 Å². The van der Waals surface area contributed by atoms with Crippen molar-refractivity contribution in [1.82, 2.24) is 20.0 Å². The van der Waals surface area contributed by atoms with E-state index in [0.717, 1.165) is 24.5 Å². The van der Waals surface area contributed by atoms with Gasteiger partial charge in [0, 0.05) is 49.9 Å². The Morgan fingerprint density at radius 2 is 2.00 bits per heavy atom. The van der Waals surface area contributed by atoms with Crippen LogP contribution in [-0.2, 0) is 4.79 Å². The van der Waals surface area contributed by atoms with Crippen molar-refractivity contribution >= 4 is 17.8 Å². The Hall–Kier alpha value is -3.42. The predicted octanol–water partition coefficient (Wildman–Crippen LogP) is 3.21. The second-order valence-electron chi connectivity index (χ2n) is 7.18. The molecule has 1 fully saturated rings. The van der Waals surface area contributed by atoms with Gasteiger partial charge in [0.05, 0.1) is 6.26 Å². The summed E-state index contributed by atoms with van der Waals surface area (Å²) in [7, 11) is 0. The van der Waals surface area contributed by atoms with E-state index in [1.807, 2.05) is 36.9 Å². The lowest BCUT2D eigenvalue weighted by Crippen LogP contribution is -2.48. The minimum absolute atomic E-state index is 0.0116. The first-order valence-corrected chi connectivity index (χ1v) is 9.65. The molecular weight excluding hydrogens is 370 g/mol. The zero-order valence-corrected chi connectivity index (χ0v) is 16.5. The monoisotopic (exact) mass is 393 g/mol. The lowest BCUT2D eigenvalue weighted by molar-refractivity contribution is -0.126. The number of pyridine rings is 1. The number of rotatable bonds is 5. The van der Waals surface area contributed by atoms with Crippen molar-refractivity contribution in [2.75, 3.05) is 31.1 Å². The summed E-state index contributed by atoms with van der Waals surface area (Å²) in [6.07, 6.45) is 6.59. The maximum Gasteiger partial charge on any atom is 0.246 e. The fraction of sp³-hybridized carbons (Fsp3) is 0.333. The molecule has 150 valence electrons. The summed E-state index contributed by atoms with van der Waals surface area (Å²) in [6, 6.07) is 7.51. The third-order valence-electron chi connectivity index (χ3n) is 4.79. The van der Waals surface area contributed by atoms with Gasteiger partial charge in [-0.25, -0.2) is 4.98 Å². The number of nitrogens with zero attached hydrogens (tertiary/aromatic N) is 5. The molecule has 0 bridgehead atoms. The van der Waals surface area contributed by atoms with Crippen LogP contribution in [0.5, 0.6) is 0 Å². The number of hydrogen-bond acceptors (Lipinski definition) is 7. The summed E-state index contributed by atoms with van der Waals surface area (Å²) in [5, 5.41) is 4.02. The smallest absolute Gasteiger partial charge is 0.246 e. The molecule has 3 aromatic rings. The van der Waals surface area contributed by atoms with E-state index in [1.54, 1.807) is 30.7 Å². The Morgan fingerprint density at radius 1 is 1.17 bits per heavy atom. The Morgan fingerprint density at radius 3 is 2.62 bits per heavy atom. The van der Waals surface area contributed by atoms with Crippen LogP contribution >= 0.6 is 0 Å². The highest BCUT2D eigenvalue weighted by molar-refractivity contribution is 5.91. The lowest BCUT2D eigenvalue weighted by Gasteiger charge is -2.35. The van der Waals surface area contributed by atoms with Gasteiger partial charge in [-0.1, -0.05) is 19.0 Å². The molecule has 1 amide bonds. The third-order valence-corrected chi connectivity index (χ3v) is 4.79. The number of carbonyl (C=O) groups excluding carboxylic acids is 1. The molecule has 4 rings (SSSR count). The summed E-state index contributed by atoms with van der Waals surface area (Å²) >= 11 is 0. The maximum absolute atomic E-state index is 12.3. The van der Waals surface area contributed by atoms with Crippen LogP contribution in [0.25, 0.3) is 17.5 Å². The second kappa shape index (κ2) is 8.30. The molecule has 1 saturated heterocycles. The molecule has 0 aromatic carbocycles. The van der Waals surface area contributed by atoms with Gasteiger partial charge in [0.15, 0.2) is 0 Å². The summed E-state index contributed by atoms with van der Waals surface area (Å²) in [5.41, 5.74) is 0.821. The Balaban J connectivity index is 1.34. The molecule has 0 atom stereocenters. The zero-order chi connectivity index (χ0) is 20.2. The average molecular weight is 393 g/mol. The van der Waals surface area contributed by atoms with E-state index in [-0.39, 0.29) is 11.8 Å². The second-order valence-corrected chi connectivity index (χ2v) is 7.18. The first-order valence-electron chi connectivity index (χ1n) is 9.65. The first-order chi connectivity index (χ1) is 14.1. The van der Waals surface area contributed by atoms with Crippen molar-refractivity contribution in [2.24, 2.45) is 0 Å². The molecular formula is C21H23N5O3. The molecule has 8 nitrogen and oxygen atoms in total. The fourth-order valence-electron chi connectivity index (χ4n) is 3.09. The quantitative estimate of drug-likeness (QED) is 0.615. The molecule has 0 radical (unpaired) electrons. The molecule has 29 heavy (non-hydrogen) atoms. The average Bonchev–Trinajstić information content (AvgIpc) is 3.44. The number of furan rings is 1. The molecule has 3 aromatic heterocycles. The molecule has 1 aliphatic heterocycles. The van der Waals surface area contributed by atoms with Gasteiger partial charge in [0.1, 0.15) is 11.6 Å². The third kappa shape index (κ3) is 4.37. The van der Waals surface area contributed by atoms with Crippen LogP contribution in [0.15, 0.2) is 51.7 Å². The van der Waals surface area contributed by atoms with Gasteiger partial charge >= 0.3 is 0 Å². The number of anilines is 1. The van der Waals surface area contributed by atoms with Gasteiger partial charge in [-0.05, 0) is 30.3 Å². The van der Waals surface area contributed by atoms with E-state index in [1.165, 1.54) is 0 Å². The summed E-state index contributed by atoms with van der Waals surface area (Å²) in [4.78, 5) is 25.3. The molecule has 4 heterocycles. The van der Waals surface area contributed by atoms with Crippen LogP contribution in [0.3, 0.4) is 0 Å². The molecule has 1 aliphatic rings. The van der Waals surface area contributed by atoms with Crippen molar-refractivity contribution in [3.05, 3.63) is 54.5 Å². The lowest BCUT2D eigenvalue weighted by atomic mass is 10.2. The van der Waals surface area contributed by atoms with Crippen LogP contribution in [0.4, 0.5) is 5.82 Å². The minimum atomic E-state index is -0.0116. The van der Waals surface area contributed by atoms with E-state index in [4.69, 9.17) is 8.94 Å². The van der Waals surface area contributed by atoms with Crippen LogP contribution < -0.4 is 4.90 Å². The van der Waals surface area contributed by atoms with Crippen molar-refractivity contribution in [2.45, 2.75) is 19.8 Å².